The van der Waals surface area contributed by atoms with E-state index in [-0.39, 0.29) is 17.9 Å². The molecule has 1 fully saturated rings. The largest absolute Gasteiger partial charge is 0.384 e. The van der Waals surface area contributed by atoms with Crippen LogP contribution < -0.4 is 11.1 Å². The lowest BCUT2D eigenvalue weighted by molar-refractivity contribution is 0.0169. The Morgan fingerprint density at radius 2 is 2.30 bits per heavy atom. The standard InChI is InChI=1S/C15H23N3O2/c1-10(2)13-7-11(8-14(16)18-13)15(19)17-9-12-5-3-4-6-20-12/h7-8,10,12H,3-6,9H2,1-2H3,(H2,16,18)(H,17,19). The number of amides is 1. The van der Waals surface area contributed by atoms with Gasteiger partial charge in [0.05, 0.1) is 6.10 Å². The maximum absolute atomic E-state index is 12.2. The van der Waals surface area contributed by atoms with Crippen LogP contribution in [0.3, 0.4) is 0 Å². The van der Waals surface area contributed by atoms with Gasteiger partial charge in [-0.25, -0.2) is 4.98 Å². The molecule has 1 saturated heterocycles. The maximum atomic E-state index is 12.2. The first-order valence-corrected chi connectivity index (χ1v) is 7.23. The van der Waals surface area contributed by atoms with Gasteiger partial charge in [0.25, 0.3) is 5.91 Å². The number of carbonyl (C=O) groups excluding carboxylic acids is 1. The van der Waals surface area contributed by atoms with E-state index in [1.165, 1.54) is 6.42 Å². The lowest BCUT2D eigenvalue weighted by Crippen LogP contribution is -2.35. The van der Waals surface area contributed by atoms with Crippen LogP contribution in [0.2, 0.25) is 0 Å². The van der Waals surface area contributed by atoms with Crippen molar-refractivity contribution < 1.29 is 9.53 Å². The van der Waals surface area contributed by atoms with Gasteiger partial charge in [0, 0.05) is 24.4 Å². The fourth-order valence-corrected chi connectivity index (χ4v) is 2.28. The predicted molar refractivity (Wildman–Crippen MR) is 78.7 cm³/mol. The van der Waals surface area contributed by atoms with E-state index >= 15 is 0 Å². The van der Waals surface area contributed by atoms with Gasteiger partial charge in [0.2, 0.25) is 0 Å². The molecule has 2 rings (SSSR count). The van der Waals surface area contributed by atoms with Crippen molar-refractivity contribution in [1.29, 1.82) is 0 Å². The second kappa shape index (κ2) is 6.70. The number of carbonyl (C=O) groups is 1. The normalized spacial score (nSPS) is 19.1. The molecule has 0 aromatic carbocycles. The van der Waals surface area contributed by atoms with Crippen LogP contribution in [0.25, 0.3) is 0 Å². The molecule has 1 atom stereocenters. The minimum absolute atomic E-state index is 0.116. The molecule has 2 heterocycles. The van der Waals surface area contributed by atoms with Gasteiger partial charge < -0.3 is 15.8 Å². The van der Waals surface area contributed by atoms with Crippen LogP contribution in [-0.2, 0) is 4.74 Å². The number of anilines is 1. The van der Waals surface area contributed by atoms with Crippen LogP contribution in [0.4, 0.5) is 5.82 Å². The minimum atomic E-state index is -0.116. The topological polar surface area (TPSA) is 77.2 Å². The summed E-state index contributed by atoms with van der Waals surface area (Å²) in [6.45, 7) is 5.40. The second-order valence-electron chi connectivity index (χ2n) is 5.56. The van der Waals surface area contributed by atoms with Crippen LogP contribution >= 0.6 is 0 Å². The SMILES string of the molecule is CC(C)c1cc(C(=O)NCC2CCCCO2)cc(N)n1. The number of nitrogens with one attached hydrogen (secondary N) is 1. The summed E-state index contributed by atoms with van der Waals surface area (Å²) >= 11 is 0. The van der Waals surface area contributed by atoms with E-state index in [4.69, 9.17) is 10.5 Å². The Labute approximate surface area is 119 Å². The highest BCUT2D eigenvalue weighted by Crippen LogP contribution is 2.16. The van der Waals surface area contributed by atoms with Crippen LogP contribution in [-0.4, -0.2) is 30.1 Å². The molecular formula is C15H23N3O2. The maximum Gasteiger partial charge on any atom is 0.251 e. The molecule has 1 amide bonds. The van der Waals surface area contributed by atoms with Crippen molar-refractivity contribution in [2.45, 2.75) is 45.1 Å². The second-order valence-corrected chi connectivity index (χ2v) is 5.56. The summed E-state index contributed by atoms with van der Waals surface area (Å²) in [7, 11) is 0. The number of ether oxygens (including phenoxy) is 1. The summed E-state index contributed by atoms with van der Waals surface area (Å²) in [5.41, 5.74) is 7.16. The summed E-state index contributed by atoms with van der Waals surface area (Å²) < 4.78 is 5.60. The first kappa shape index (κ1) is 14.8. The highest BCUT2D eigenvalue weighted by molar-refractivity contribution is 5.94. The third-order valence-corrected chi connectivity index (χ3v) is 3.48. The molecule has 0 aliphatic carbocycles. The molecule has 5 heteroatoms. The summed E-state index contributed by atoms with van der Waals surface area (Å²) in [6, 6.07) is 3.42. The van der Waals surface area contributed by atoms with Gasteiger partial charge in [-0.05, 0) is 37.3 Å². The van der Waals surface area contributed by atoms with E-state index in [0.717, 1.165) is 25.1 Å². The van der Waals surface area contributed by atoms with Gasteiger partial charge in [0.1, 0.15) is 5.82 Å². The minimum Gasteiger partial charge on any atom is -0.384 e. The molecule has 1 unspecified atom stereocenters. The van der Waals surface area contributed by atoms with Gasteiger partial charge in [-0.1, -0.05) is 13.8 Å². The average Bonchev–Trinajstić information content (AvgIpc) is 2.45. The Morgan fingerprint density at radius 3 is 2.95 bits per heavy atom. The van der Waals surface area contributed by atoms with Gasteiger partial charge >= 0.3 is 0 Å². The van der Waals surface area contributed by atoms with Crippen molar-refractivity contribution >= 4 is 11.7 Å². The zero-order valence-corrected chi connectivity index (χ0v) is 12.2. The molecule has 5 nitrogen and oxygen atoms in total. The van der Waals surface area contributed by atoms with Crippen molar-refractivity contribution in [1.82, 2.24) is 10.3 Å². The fourth-order valence-electron chi connectivity index (χ4n) is 2.28. The number of nitrogens with two attached hydrogens (primary N) is 1. The van der Waals surface area contributed by atoms with Gasteiger partial charge in [0.15, 0.2) is 0 Å². The molecular weight excluding hydrogens is 254 g/mol. The molecule has 0 spiro atoms. The van der Waals surface area contributed by atoms with Crippen molar-refractivity contribution in [2.24, 2.45) is 0 Å². The highest BCUT2D eigenvalue weighted by Gasteiger charge is 2.16. The summed E-state index contributed by atoms with van der Waals surface area (Å²) in [4.78, 5) is 16.4. The third-order valence-electron chi connectivity index (χ3n) is 3.48. The molecule has 0 saturated carbocycles. The molecule has 20 heavy (non-hydrogen) atoms. The molecule has 1 aliphatic rings. The van der Waals surface area contributed by atoms with Crippen molar-refractivity contribution in [3.63, 3.8) is 0 Å². The van der Waals surface area contributed by atoms with Gasteiger partial charge in [-0.2, -0.15) is 0 Å². The van der Waals surface area contributed by atoms with Gasteiger partial charge in [-0.3, -0.25) is 4.79 Å². The van der Waals surface area contributed by atoms with Crippen molar-refractivity contribution in [3.05, 3.63) is 23.4 Å². The number of nitrogens with zero attached hydrogens (tertiary/aromatic N) is 1. The first-order valence-electron chi connectivity index (χ1n) is 7.23. The number of hydrogen-bond acceptors (Lipinski definition) is 4. The molecule has 1 aromatic rings. The lowest BCUT2D eigenvalue weighted by Gasteiger charge is -2.22. The number of pyridine rings is 1. The quantitative estimate of drug-likeness (QED) is 0.883. The zero-order valence-electron chi connectivity index (χ0n) is 12.2. The van der Waals surface area contributed by atoms with Gasteiger partial charge in [-0.15, -0.1) is 0 Å². The van der Waals surface area contributed by atoms with E-state index in [9.17, 15) is 4.79 Å². The van der Waals surface area contributed by atoms with Crippen LogP contribution in [0.5, 0.6) is 0 Å². The van der Waals surface area contributed by atoms with Crippen LogP contribution in [0.15, 0.2) is 12.1 Å². The van der Waals surface area contributed by atoms with Crippen molar-refractivity contribution in [2.75, 3.05) is 18.9 Å². The van der Waals surface area contributed by atoms with Crippen molar-refractivity contribution in [3.8, 4) is 0 Å². The number of rotatable bonds is 4. The zero-order chi connectivity index (χ0) is 14.5. The Morgan fingerprint density at radius 1 is 1.50 bits per heavy atom. The molecule has 3 N–H and O–H groups in total. The van der Waals surface area contributed by atoms with Crippen LogP contribution in [0, 0.1) is 0 Å². The van der Waals surface area contributed by atoms with E-state index in [0.29, 0.717) is 17.9 Å². The Kier molecular flexibility index (Phi) is 4.95. The summed E-state index contributed by atoms with van der Waals surface area (Å²) in [5.74, 6) is 0.511. The smallest absolute Gasteiger partial charge is 0.251 e. The Hall–Kier alpha value is -1.62. The average molecular weight is 277 g/mol. The van der Waals surface area contributed by atoms with E-state index in [1.54, 1.807) is 12.1 Å². The molecule has 1 aromatic heterocycles. The Balaban J connectivity index is 1.97. The summed E-state index contributed by atoms with van der Waals surface area (Å²) in [6.07, 6.45) is 3.43. The molecule has 1 aliphatic heterocycles. The monoisotopic (exact) mass is 277 g/mol. The van der Waals surface area contributed by atoms with E-state index in [1.807, 2.05) is 13.8 Å². The third kappa shape index (κ3) is 3.93. The van der Waals surface area contributed by atoms with E-state index < -0.39 is 0 Å². The molecule has 0 bridgehead atoms. The number of nitrogen functional groups attached to an aromatic ring is 1. The Bertz CT molecular complexity index is 468. The number of hydrogen-bond donors (Lipinski definition) is 2. The molecule has 110 valence electrons. The van der Waals surface area contributed by atoms with E-state index in [2.05, 4.69) is 10.3 Å². The summed E-state index contributed by atoms with van der Waals surface area (Å²) in [5, 5.41) is 2.91. The van der Waals surface area contributed by atoms with Crippen LogP contribution in [0.1, 0.15) is 55.1 Å². The first-order chi connectivity index (χ1) is 9.56. The lowest BCUT2D eigenvalue weighted by atomic mass is 10.1. The highest BCUT2D eigenvalue weighted by atomic mass is 16.5. The fraction of sp³-hybridized carbons (Fsp3) is 0.600. The predicted octanol–water partition coefficient (Wildman–Crippen LogP) is 2.09. The molecule has 0 radical (unpaired) electrons. The number of aromatic nitrogens is 1.